The summed E-state index contributed by atoms with van der Waals surface area (Å²) in [5.41, 5.74) is 0.354. The lowest BCUT2D eigenvalue weighted by atomic mass is 10.2. The number of hydrogen-bond acceptors (Lipinski definition) is 4. The Morgan fingerprint density at radius 3 is 2.79 bits per heavy atom. The molecule has 0 spiro atoms. The molecule has 1 amide bonds. The molecular formula is C16H11F2N3O3. The molecule has 3 aromatic rings. The number of carbonyl (C=O) groups excluding carboxylic acids is 2. The van der Waals surface area contributed by atoms with Crippen molar-refractivity contribution >= 4 is 28.5 Å². The summed E-state index contributed by atoms with van der Waals surface area (Å²) in [7, 11) is 0. The molecule has 0 saturated carbocycles. The summed E-state index contributed by atoms with van der Waals surface area (Å²) >= 11 is 0. The van der Waals surface area contributed by atoms with Crippen LogP contribution in [0.3, 0.4) is 0 Å². The van der Waals surface area contributed by atoms with Gasteiger partial charge in [-0.2, -0.15) is 5.10 Å². The maximum atomic E-state index is 13.4. The molecule has 24 heavy (non-hydrogen) atoms. The predicted molar refractivity (Wildman–Crippen MR) is 81.4 cm³/mol. The van der Waals surface area contributed by atoms with Gasteiger partial charge in [-0.15, -0.1) is 0 Å². The minimum Gasteiger partial charge on any atom is -0.451 e. The molecule has 0 aliphatic heterocycles. The molecule has 0 saturated heterocycles. The predicted octanol–water partition coefficient (Wildman–Crippen LogP) is 2.64. The molecule has 1 heterocycles. The lowest BCUT2D eigenvalue weighted by Crippen LogP contribution is -2.21. The van der Waals surface area contributed by atoms with E-state index in [4.69, 9.17) is 4.74 Å². The van der Waals surface area contributed by atoms with Crippen molar-refractivity contribution < 1.29 is 23.1 Å². The third kappa shape index (κ3) is 3.22. The molecule has 0 atom stereocenters. The summed E-state index contributed by atoms with van der Waals surface area (Å²) in [4.78, 5) is 23.7. The fourth-order valence-corrected chi connectivity index (χ4v) is 2.10. The number of hydrogen-bond donors (Lipinski definition) is 2. The summed E-state index contributed by atoms with van der Waals surface area (Å²) in [6, 6.07) is 9.55. The van der Waals surface area contributed by atoms with Crippen molar-refractivity contribution in [2.75, 3.05) is 11.9 Å². The largest absolute Gasteiger partial charge is 0.451 e. The molecule has 0 radical (unpaired) electrons. The van der Waals surface area contributed by atoms with E-state index in [1.807, 2.05) is 0 Å². The van der Waals surface area contributed by atoms with Crippen LogP contribution in [-0.4, -0.2) is 28.7 Å². The average Bonchev–Trinajstić information content (AvgIpc) is 3.00. The van der Waals surface area contributed by atoms with E-state index < -0.39 is 30.1 Å². The van der Waals surface area contributed by atoms with Gasteiger partial charge < -0.3 is 10.1 Å². The number of para-hydroxylation sites is 1. The Hall–Kier alpha value is -3.29. The second-order valence-corrected chi connectivity index (χ2v) is 4.87. The van der Waals surface area contributed by atoms with Crippen LogP contribution in [0, 0.1) is 11.6 Å². The number of carbonyl (C=O) groups is 2. The standard InChI is InChI=1S/C16H11F2N3O3/c17-9-5-6-11(18)13(7-9)19-14(22)8-24-16(23)15-10-3-1-2-4-12(10)20-21-15/h1-7H,8H2,(H,19,22)(H,20,21). The molecule has 0 unspecified atom stereocenters. The van der Waals surface area contributed by atoms with Crippen molar-refractivity contribution in [3.8, 4) is 0 Å². The first-order chi connectivity index (χ1) is 11.5. The number of rotatable bonds is 4. The molecule has 8 heteroatoms. The van der Waals surface area contributed by atoms with Crippen LogP contribution in [0.5, 0.6) is 0 Å². The molecule has 3 rings (SSSR count). The zero-order valence-electron chi connectivity index (χ0n) is 12.2. The van der Waals surface area contributed by atoms with Crippen molar-refractivity contribution in [1.82, 2.24) is 10.2 Å². The number of halogens is 2. The fourth-order valence-electron chi connectivity index (χ4n) is 2.10. The third-order valence-corrected chi connectivity index (χ3v) is 3.20. The first-order valence-corrected chi connectivity index (χ1v) is 6.90. The zero-order valence-corrected chi connectivity index (χ0v) is 12.2. The molecule has 0 aliphatic carbocycles. The van der Waals surface area contributed by atoms with Gasteiger partial charge >= 0.3 is 5.97 Å². The maximum Gasteiger partial charge on any atom is 0.359 e. The number of benzene rings is 2. The van der Waals surface area contributed by atoms with Crippen molar-refractivity contribution in [2.45, 2.75) is 0 Å². The normalized spacial score (nSPS) is 10.6. The van der Waals surface area contributed by atoms with E-state index in [0.29, 0.717) is 10.9 Å². The van der Waals surface area contributed by atoms with Crippen LogP contribution >= 0.6 is 0 Å². The van der Waals surface area contributed by atoms with Gasteiger partial charge in [0, 0.05) is 11.5 Å². The van der Waals surface area contributed by atoms with E-state index in [0.717, 1.165) is 18.2 Å². The van der Waals surface area contributed by atoms with Crippen LogP contribution in [0.4, 0.5) is 14.5 Å². The number of nitrogens with one attached hydrogen (secondary N) is 2. The van der Waals surface area contributed by atoms with Gasteiger partial charge in [0.25, 0.3) is 5.91 Å². The highest BCUT2D eigenvalue weighted by molar-refractivity contribution is 6.03. The van der Waals surface area contributed by atoms with Crippen molar-refractivity contribution in [3.05, 3.63) is 59.8 Å². The lowest BCUT2D eigenvalue weighted by Gasteiger charge is -2.07. The molecule has 2 aromatic carbocycles. The minimum atomic E-state index is -0.803. The van der Waals surface area contributed by atoms with Crippen LogP contribution in [0.2, 0.25) is 0 Å². The number of anilines is 1. The van der Waals surface area contributed by atoms with Gasteiger partial charge in [-0.25, -0.2) is 13.6 Å². The van der Waals surface area contributed by atoms with Gasteiger partial charge in [0.05, 0.1) is 11.2 Å². The highest BCUT2D eigenvalue weighted by Gasteiger charge is 2.17. The monoisotopic (exact) mass is 331 g/mol. The smallest absolute Gasteiger partial charge is 0.359 e. The molecule has 1 aromatic heterocycles. The Kier molecular flexibility index (Phi) is 4.19. The number of aromatic nitrogens is 2. The van der Waals surface area contributed by atoms with Gasteiger partial charge in [0.15, 0.2) is 12.3 Å². The number of ether oxygens (including phenoxy) is 1. The highest BCUT2D eigenvalue weighted by atomic mass is 19.1. The lowest BCUT2D eigenvalue weighted by molar-refractivity contribution is -0.119. The first kappa shape index (κ1) is 15.6. The van der Waals surface area contributed by atoms with Crippen LogP contribution in [0.25, 0.3) is 10.9 Å². The number of H-pyrrole nitrogens is 1. The van der Waals surface area contributed by atoms with E-state index >= 15 is 0 Å². The summed E-state index contributed by atoms with van der Waals surface area (Å²) in [5, 5.41) is 9.19. The number of nitrogens with zero attached hydrogens (tertiary/aromatic N) is 1. The van der Waals surface area contributed by atoms with Crippen molar-refractivity contribution in [3.63, 3.8) is 0 Å². The Morgan fingerprint density at radius 1 is 1.17 bits per heavy atom. The average molecular weight is 331 g/mol. The summed E-state index contributed by atoms with van der Waals surface area (Å²) < 4.78 is 31.3. The van der Waals surface area contributed by atoms with Crippen LogP contribution in [0.15, 0.2) is 42.5 Å². The molecule has 122 valence electrons. The first-order valence-electron chi connectivity index (χ1n) is 6.90. The van der Waals surface area contributed by atoms with E-state index in [2.05, 4.69) is 15.5 Å². The second-order valence-electron chi connectivity index (χ2n) is 4.87. The molecule has 2 N–H and O–H groups in total. The quantitative estimate of drug-likeness (QED) is 0.720. The molecule has 6 nitrogen and oxygen atoms in total. The Labute approximate surface area is 134 Å². The summed E-state index contributed by atoms with van der Waals surface area (Å²) in [6.45, 7) is -0.657. The third-order valence-electron chi connectivity index (χ3n) is 3.20. The van der Waals surface area contributed by atoms with Crippen molar-refractivity contribution in [1.29, 1.82) is 0 Å². The van der Waals surface area contributed by atoms with Crippen LogP contribution in [0.1, 0.15) is 10.5 Å². The number of aromatic amines is 1. The van der Waals surface area contributed by atoms with Gasteiger partial charge in [-0.05, 0) is 18.2 Å². The van der Waals surface area contributed by atoms with Gasteiger partial charge in [0.2, 0.25) is 0 Å². The SMILES string of the molecule is O=C(COC(=O)c1n[nH]c2ccccc12)Nc1cc(F)ccc1F. The van der Waals surface area contributed by atoms with Gasteiger partial charge in [0.1, 0.15) is 11.6 Å². The summed E-state index contributed by atoms with van der Waals surface area (Å²) in [6.07, 6.45) is 0. The van der Waals surface area contributed by atoms with Crippen LogP contribution < -0.4 is 5.32 Å². The van der Waals surface area contributed by atoms with Gasteiger partial charge in [-0.3, -0.25) is 9.89 Å². The molecule has 0 bridgehead atoms. The van der Waals surface area contributed by atoms with E-state index in [9.17, 15) is 18.4 Å². The Morgan fingerprint density at radius 2 is 1.96 bits per heavy atom. The Balaban J connectivity index is 1.64. The topological polar surface area (TPSA) is 84.1 Å². The fraction of sp³-hybridized carbons (Fsp3) is 0.0625. The highest BCUT2D eigenvalue weighted by Crippen LogP contribution is 2.17. The second kappa shape index (κ2) is 6.45. The maximum absolute atomic E-state index is 13.4. The molecule has 0 fully saturated rings. The minimum absolute atomic E-state index is 0.0373. The number of amides is 1. The van der Waals surface area contributed by atoms with E-state index in [-0.39, 0.29) is 11.4 Å². The zero-order chi connectivity index (χ0) is 17.1. The summed E-state index contributed by atoms with van der Waals surface area (Å²) in [5.74, 6) is -3.10. The molecule has 0 aliphatic rings. The molecular weight excluding hydrogens is 320 g/mol. The van der Waals surface area contributed by atoms with E-state index in [1.54, 1.807) is 24.3 Å². The Bertz CT molecular complexity index is 924. The van der Waals surface area contributed by atoms with Gasteiger partial charge in [-0.1, -0.05) is 18.2 Å². The van der Waals surface area contributed by atoms with Crippen LogP contribution in [-0.2, 0) is 9.53 Å². The van der Waals surface area contributed by atoms with Crippen molar-refractivity contribution in [2.24, 2.45) is 0 Å². The number of esters is 1. The number of fused-ring (bicyclic) bond motifs is 1. The van der Waals surface area contributed by atoms with E-state index in [1.165, 1.54) is 0 Å².